The maximum atomic E-state index is 8.29. The molecule has 0 fully saturated rings. The summed E-state index contributed by atoms with van der Waals surface area (Å²) >= 11 is 0. The molecule has 2 heteroatoms. The van der Waals surface area contributed by atoms with Gasteiger partial charge in [0.05, 0.1) is 0 Å². The summed E-state index contributed by atoms with van der Waals surface area (Å²) < 4.78 is 0. The monoisotopic (exact) mass is 144 g/mol. The van der Waals surface area contributed by atoms with E-state index in [1.807, 2.05) is 0 Å². The van der Waals surface area contributed by atoms with Gasteiger partial charge in [-0.05, 0) is 6.42 Å². The molecule has 0 aromatic carbocycles. The van der Waals surface area contributed by atoms with Crippen LogP contribution >= 0.6 is 0 Å². The first-order valence-electron chi connectivity index (χ1n) is 3.02. The molecule has 0 aromatic heterocycles. The molecule has 0 aliphatic heterocycles. The molecule has 0 radical (unpaired) electrons. The SMILES string of the molecule is CCCCCCO.[Ca+2].[H-].[H-]. The number of hydrogen-bond donors (Lipinski definition) is 1. The van der Waals surface area contributed by atoms with Gasteiger partial charge in [-0.2, -0.15) is 0 Å². The van der Waals surface area contributed by atoms with E-state index >= 15 is 0 Å². The zero-order valence-electron chi connectivity index (χ0n) is 7.69. The second kappa shape index (κ2) is 11.1. The Kier molecular flexibility index (Phi) is 16.5. The van der Waals surface area contributed by atoms with Gasteiger partial charge in [0.1, 0.15) is 0 Å². The van der Waals surface area contributed by atoms with E-state index in [0.29, 0.717) is 6.61 Å². The van der Waals surface area contributed by atoms with Crippen LogP contribution in [-0.2, 0) is 0 Å². The molecule has 0 spiro atoms. The summed E-state index contributed by atoms with van der Waals surface area (Å²) in [6, 6.07) is 0. The molecule has 0 aliphatic carbocycles. The predicted octanol–water partition coefficient (Wildman–Crippen LogP) is 1.40. The Morgan fingerprint density at radius 3 is 2.25 bits per heavy atom. The third-order valence-electron chi connectivity index (χ3n) is 1.01. The molecule has 1 N–H and O–H groups in total. The Labute approximate surface area is 84.4 Å². The van der Waals surface area contributed by atoms with E-state index < -0.39 is 0 Å². The van der Waals surface area contributed by atoms with Crippen molar-refractivity contribution >= 4 is 37.7 Å². The summed E-state index contributed by atoms with van der Waals surface area (Å²) in [4.78, 5) is 0. The summed E-state index contributed by atoms with van der Waals surface area (Å²) in [5.41, 5.74) is 0. The zero-order chi connectivity index (χ0) is 5.54. The van der Waals surface area contributed by atoms with Crippen LogP contribution in [0.3, 0.4) is 0 Å². The van der Waals surface area contributed by atoms with Gasteiger partial charge in [-0.3, -0.25) is 0 Å². The number of hydrogen-bond acceptors (Lipinski definition) is 1. The van der Waals surface area contributed by atoms with E-state index in [1.165, 1.54) is 19.3 Å². The van der Waals surface area contributed by atoms with Crippen LogP contribution < -0.4 is 0 Å². The van der Waals surface area contributed by atoms with Gasteiger partial charge in [-0.15, -0.1) is 0 Å². The van der Waals surface area contributed by atoms with Crippen LogP contribution in [0, 0.1) is 0 Å². The van der Waals surface area contributed by atoms with E-state index in [4.69, 9.17) is 5.11 Å². The second-order valence-electron chi connectivity index (χ2n) is 1.78. The topological polar surface area (TPSA) is 20.2 Å². The molecule has 0 saturated carbocycles. The van der Waals surface area contributed by atoms with Gasteiger partial charge < -0.3 is 7.96 Å². The van der Waals surface area contributed by atoms with Crippen LogP contribution in [0.1, 0.15) is 35.5 Å². The summed E-state index contributed by atoms with van der Waals surface area (Å²) in [6.07, 6.45) is 4.68. The van der Waals surface area contributed by atoms with Gasteiger partial charge >= 0.3 is 37.7 Å². The minimum Gasteiger partial charge on any atom is -1.00 e. The van der Waals surface area contributed by atoms with Crippen LogP contribution in [0.25, 0.3) is 0 Å². The van der Waals surface area contributed by atoms with Crippen molar-refractivity contribution in [3.05, 3.63) is 0 Å². The van der Waals surface area contributed by atoms with Gasteiger partial charge in [0.25, 0.3) is 0 Å². The quantitative estimate of drug-likeness (QED) is 0.467. The minimum atomic E-state index is 0. The third-order valence-corrected chi connectivity index (χ3v) is 1.01. The van der Waals surface area contributed by atoms with Gasteiger partial charge in [-0.25, -0.2) is 0 Å². The Morgan fingerprint density at radius 1 is 1.25 bits per heavy atom. The Balaban J connectivity index is -0.0000000600. The van der Waals surface area contributed by atoms with Crippen molar-refractivity contribution in [2.45, 2.75) is 32.6 Å². The molecule has 8 heavy (non-hydrogen) atoms. The molecule has 0 unspecified atom stereocenters. The average molecular weight is 144 g/mol. The van der Waals surface area contributed by atoms with Crippen molar-refractivity contribution in [1.82, 2.24) is 0 Å². The zero-order valence-corrected chi connectivity index (χ0v) is 7.90. The fourth-order valence-corrected chi connectivity index (χ4v) is 0.539. The molecule has 0 aromatic rings. The predicted molar refractivity (Wildman–Crippen MR) is 39.2 cm³/mol. The van der Waals surface area contributed by atoms with Gasteiger partial charge in [0, 0.05) is 6.61 Å². The Hall–Kier alpha value is 1.22. The maximum absolute atomic E-state index is 8.29. The largest absolute Gasteiger partial charge is 2.00 e. The standard InChI is InChI=1S/C6H14O.Ca.2H/c1-2-3-4-5-6-7;;;/h7H,2-6H2,1H3;;;/q;+2;2*-1. The van der Waals surface area contributed by atoms with E-state index in [9.17, 15) is 0 Å². The molecular formula is C6H16CaO. The Bertz CT molecular complexity index is 34.9. The van der Waals surface area contributed by atoms with Crippen molar-refractivity contribution in [2.75, 3.05) is 6.61 Å². The fraction of sp³-hybridized carbons (Fsp3) is 1.00. The molecule has 0 bridgehead atoms. The molecule has 0 aliphatic rings. The van der Waals surface area contributed by atoms with Crippen molar-refractivity contribution in [1.29, 1.82) is 0 Å². The number of rotatable bonds is 4. The summed E-state index contributed by atoms with van der Waals surface area (Å²) in [5.74, 6) is 0. The molecule has 0 heterocycles. The first kappa shape index (κ1) is 12.0. The van der Waals surface area contributed by atoms with Crippen molar-refractivity contribution in [3.8, 4) is 0 Å². The first-order valence-corrected chi connectivity index (χ1v) is 3.02. The van der Waals surface area contributed by atoms with E-state index in [-0.39, 0.29) is 40.6 Å². The molecule has 1 nitrogen and oxygen atoms in total. The second-order valence-corrected chi connectivity index (χ2v) is 1.78. The maximum Gasteiger partial charge on any atom is 2.00 e. The molecular weight excluding hydrogens is 128 g/mol. The average Bonchev–Trinajstić information content (AvgIpc) is 1.69. The van der Waals surface area contributed by atoms with Gasteiger partial charge in [-0.1, -0.05) is 26.2 Å². The molecule has 0 rings (SSSR count). The van der Waals surface area contributed by atoms with Crippen LogP contribution in [0.4, 0.5) is 0 Å². The van der Waals surface area contributed by atoms with E-state index in [1.54, 1.807) is 0 Å². The summed E-state index contributed by atoms with van der Waals surface area (Å²) in [5, 5.41) is 8.29. The van der Waals surface area contributed by atoms with Crippen LogP contribution in [0.2, 0.25) is 0 Å². The number of unbranched alkanes of at least 4 members (excludes halogenated alkanes) is 3. The molecule has 0 atom stereocenters. The van der Waals surface area contributed by atoms with Crippen LogP contribution in [-0.4, -0.2) is 49.5 Å². The first-order chi connectivity index (χ1) is 3.41. The molecule has 0 amide bonds. The minimum absolute atomic E-state index is 0. The fourth-order valence-electron chi connectivity index (χ4n) is 0.539. The molecule has 0 saturated heterocycles. The Morgan fingerprint density at radius 2 is 1.88 bits per heavy atom. The number of aliphatic hydroxyl groups is 1. The number of aliphatic hydroxyl groups excluding tert-OH is 1. The van der Waals surface area contributed by atoms with Gasteiger partial charge in [0.2, 0.25) is 0 Å². The van der Waals surface area contributed by atoms with Crippen molar-refractivity contribution < 1.29 is 7.96 Å². The van der Waals surface area contributed by atoms with Crippen molar-refractivity contribution in [2.24, 2.45) is 0 Å². The normalized spacial score (nSPS) is 8.25. The van der Waals surface area contributed by atoms with Crippen LogP contribution in [0.15, 0.2) is 0 Å². The van der Waals surface area contributed by atoms with E-state index in [2.05, 4.69) is 6.92 Å². The third kappa shape index (κ3) is 10.3. The summed E-state index contributed by atoms with van der Waals surface area (Å²) in [6.45, 7) is 2.53. The van der Waals surface area contributed by atoms with E-state index in [0.717, 1.165) is 6.42 Å². The van der Waals surface area contributed by atoms with Gasteiger partial charge in [0.15, 0.2) is 0 Å². The summed E-state index contributed by atoms with van der Waals surface area (Å²) in [7, 11) is 0. The van der Waals surface area contributed by atoms with Crippen molar-refractivity contribution in [3.63, 3.8) is 0 Å². The smallest absolute Gasteiger partial charge is 1.00 e. The molecule has 48 valence electrons. The van der Waals surface area contributed by atoms with Crippen LogP contribution in [0.5, 0.6) is 0 Å².